The van der Waals surface area contributed by atoms with E-state index in [9.17, 15) is 0 Å². The molecule has 3 N–H and O–H groups in total. The van der Waals surface area contributed by atoms with E-state index in [1.54, 1.807) is 0 Å². The summed E-state index contributed by atoms with van der Waals surface area (Å²) in [6.45, 7) is 2.28. The smallest absolute Gasteiger partial charge is 0.142 e. The van der Waals surface area contributed by atoms with Crippen LogP contribution >= 0.6 is 11.5 Å². The minimum Gasteiger partial charge on any atom is -0.383 e. The molecule has 4 heteroatoms. The first kappa shape index (κ1) is 8.53. The minimum absolute atomic E-state index is 0.673. The topological polar surface area (TPSA) is 50.9 Å². The van der Waals surface area contributed by atoms with Gasteiger partial charge < -0.3 is 11.1 Å². The van der Waals surface area contributed by atoms with Crippen molar-refractivity contribution in [1.82, 2.24) is 4.37 Å². The van der Waals surface area contributed by atoms with Crippen molar-refractivity contribution in [2.75, 3.05) is 11.1 Å². The first-order valence-corrected chi connectivity index (χ1v) is 6.04. The van der Waals surface area contributed by atoms with Crippen LogP contribution in [0.5, 0.6) is 0 Å². The molecule has 0 aromatic carbocycles. The average molecular weight is 209 g/mol. The van der Waals surface area contributed by atoms with Crippen LogP contribution < -0.4 is 11.1 Å². The summed E-state index contributed by atoms with van der Waals surface area (Å²) in [6, 6.07) is 0.673. The van der Waals surface area contributed by atoms with Crippen molar-refractivity contribution in [3.8, 4) is 0 Å². The minimum atomic E-state index is 0.673. The standard InChI is InChI=1S/C10H15N3S/c1-5-4-7(5)12-10-8(6-2-3-6)9(11)13-14-10/h5-7,12H,2-4H2,1H3,(H2,11,13). The predicted molar refractivity (Wildman–Crippen MR) is 59.7 cm³/mol. The first-order chi connectivity index (χ1) is 6.75. The van der Waals surface area contributed by atoms with Gasteiger partial charge in [-0.15, -0.1) is 0 Å². The number of aromatic nitrogens is 1. The van der Waals surface area contributed by atoms with Crippen LogP contribution in [-0.2, 0) is 0 Å². The van der Waals surface area contributed by atoms with Gasteiger partial charge in [0.1, 0.15) is 10.8 Å². The number of nitrogens with one attached hydrogen (secondary N) is 1. The molecule has 0 amide bonds. The molecule has 76 valence electrons. The third-order valence-corrected chi connectivity index (χ3v) is 3.98. The number of hydrogen-bond donors (Lipinski definition) is 2. The maximum atomic E-state index is 5.87. The van der Waals surface area contributed by atoms with Crippen molar-refractivity contribution in [2.45, 2.75) is 38.1 Å². The third-order valence-electron chi connectivity index (χ3n) is 3.17. The van der Waals surface area contributed by atoms with E-state index >= 15 is 0 Å². The summed E-state index contributed by atoms with van der Waals surface area (Å²) in [5, 5.41) is 4.79. The molecular formula is C10H15N3S. The summed E-state index contributed by atoms with van der Waals surface area (Å²) in [6.07, 6.45) is 3.87. The largest absolute Gasteiger partial charge is 0.383 e. The fourth-order valence-electron chi connectivity index (χ4n) is 1.87. The van der Waals surface area contributed by atoms with Gasteiger partial charge in [-0.3, -0.25) is 0 Å². The Hall–Kier alpha value is -0.770. The van der Waals surface area contributed by atoms with Crippen LogP contribution in [0.4, 0.5) is 10.8 Å². The van der Waals surface area contributed by atoms with E-state index in [2.05, 4.69) is 16.6 Å². The highest BCUT2D eigenvalue weighted by Crippen LogP contribution is 2.48. The molecule has 0 aliphatic heterocycles. The molecule has 2 fully saturated rings. The Labute approximate surface area is 87.9 Å². The second-order valence-corrected chi connectivity index (χ2v) is 5.32. The Balaban J connectivity index is 1.82. The van der Waals surface area contributed by atoms with Gasteiger partial charge in [-0.25, -0.2) is 0 Å². The van der Waals surface area contributed by atoms with E-state index in [0.717, 1.165) is 11.7 Å². The van der Waals surface area contributed by atoms with Crippen molar-refractivity contribution in [1.29, 1.82) is 0 Å². The molecule has 2 atom stereocenters. The SMILES string of the molecule is CC1CC1Nc1snc(N)c1C1CC1. The molecule has 2 saturated carbocycles. The van der Waals surface area contributed by atoms with Gasteiger partial charge >= 0.3 is 0 Å². The molecule has 14 heavy (non-hydrogen) atoms. The summed E-state index contributed by atoms with van der Waals surface area (Å²) in [4.78, 5) is 0. The monoisotopic (exact) mass is 209 g/mol. The molecule has 3 nitrogen and oxygen atoms in total. The van der Waals surface area contributed by atoms with Crippen LogP contribution in [0.3, 0.4) is 0 Å². The van der Waals surface area contributed by atoms with E-state index in [-0.39, 0.29) is 0 Å². The summed E-state index contributed by atoms with van der Waals surface area (Å²) in [7, 11) is 0. The zero-order chi connectivity index (χ0) is 9.71. The third kappa shape index (κ3) is 1.38. The lowest BCUT2D eigenvalue weighted by Gasteiger charge is -2.04. The number of nitrogens with two attached hydrogens (primary N) is 1. The van der Waals surface area contributed by atoms with Crippen molar-refractivity contribution in [3.05, 3.63) is 5.56 Å². The molecule has 2 unspecified atom stereocenters. The highest BCUT2D eigenvalue weighted by atomic mass is 32.1. The Morgan fingerprint density at radius 3 is 2.79 bits per heavy atom. The lowest BCUT2D eigenvalue weighted by atomic mass is 10.2. The van der Waals surface area contributed by atoms with E-state index in [0.29, 0.717) is 12.0 Å². The molecular weight excluding hydrogens is 194 g/mol. The summed E-state index contributed by atoms with van der Waals surface area (Å²) in [5.74, 6) is 2.28. The maximum absolute atomic E-state index is 5.87. The normalized spacial score (nSPS) is 30.4. The van der Waals surface area contributed by atoms with Crippen LogP contribution in [0, 0.1) is 5.92 Å². The van der Waals surface area contributed by atoms with Crippen molar-refractivity contribution < 1.29 is 0 Å². The van der Waals surface area contributed by atoms with Crippen LogP contribution in [0.15, 0.2) is 0 Å². The van der Waals surface area contributed by atoms with Gasteiger partial charge in [0.15, 0.2) is 0 Å². The zero-order valence-corrected chi connectivity index (χ0v) is 9.10. The van der Waals surface area contributed by atoms with E-state index in [1.807, 2.05) is 0 Å². The Morgan fingerprint density at radius 1 is 1.50 bits per heavy atom. The predicted octanol–water partition coefficient (Wildman–Crippen LogP) is 2.42. The second-order valence-electron chi connectivity index (χ2n) is 4.55. The molecule has 1 aromatic heterocycles. The van der Waals surface area contributed by atoms with Gasteiger partial charge in [-0.2, -0.15) is 4.37 Å². The van der Waals surface area contributed by atoms with Gasteiger partial charge in [0.2, 0.25) is 0 Å². The van der Waals surface area contributed by atoms with Gasteiger partial charge in [-0.05, 0) is 42.6 Å². The molecule has 2 aliphatic carbocycles. The van der Waals surface area contributed by atoms with E-state index < -0.39 is 0 Å². The zero-order valence-electron chi connectivity index (χ0n) is 8.29. The molecule has 2 aliphatic rings. The Morgan fingerprint density at radius 2 is 2.21 bits per heavy atom. The number of nitrogen functional groups attached to an aromatic ring is 1. The van der Waals surface area contributed by atoms with Gasteiger partial charge in [0.05, 0.1) is 0 Å². The van der Waals surface area contributed by atoms with Crippen LogP contribution in [0.1, 0.15) is 37.7 Å². The molecule has 3 rings (SSSR count). The lowest BCUT2D eigenvalue weighted by Crippen LogP contribution is -2.04. The molecule has 0 saturated heterocycles. The molecule has 0 spiro atoms. The molecule has 1 aromatic rings. The van der Waals surface area contributed by atoms with Crippen LogP contribution in [-0.4, -0.2) is 10.4 Å². The summed E-state index contributed by atoms with van der Waals surface area (Å²) in [5.41, 5.74) is 7.17. The summed E-state index contributed by atoms with van der Waals surface area (Å²) >= 11 is 1.53. The summed E-state index contributed by atoms with van der Waals surface area (Å²) < 4.78 is 4.24. The van der Waals surface area contributed by atoms with E-state index in [1.165, 1.54) is 41.4 Å². The number of hydrogen-bond acceptors (Lipinski definition) is 4. The molecule has 0 radical (unpaired) electrons. The fraction of sp³-hybridized carbons (Fsp3) is 0.700. The van der Waals surface area contributed by atoms with Crippen LogP contribution in [0.25, 0.3) is 0 Å². The van der Waals surface area contributed by atoms with Gasteiger partial charge in [0.25, 0.3) is 0 Å². The van der Waals surface area contributed by atoms with Gasteiger partial charge in [-0.1, -0.05) is 6.92 Å². The number of rotatable bonds is 3. The molecule has 1 heterocycles. The maximum Gasteiger partial charge on any atom is 0.142 e. The average Bonchev–Trinajstić information content (AvgIpc) is 3.03. The highest BCUT2D eigenvalue weighted by molar-refractivity contribution is 7.10. The van der Waals surface area contributed by atoms with Crippen LogP contribution in [0.2, 0.25) is 0 Å². The van der Waals surface area contributed by atoms with Crippen molar-refractivity contribution in [2.24, 2.45) is 5.92 Å². The molecule has 0 bridgehead atoms. The van der Waals surface area contributed by atoms with Crippen molar-refractivity contribution in [3.63, 3.8) is 0 Å². The van der Waals surface area contributed by atoms with Gasteiger partial charge in [0, 0.05) is 11.6 Å². The van der Waals surface area contributed by atoms with Crippen molar-refractivity contribution >= 4 is 22.4 Å². The highest BCUT2D eigenvalue weighted by Gasteiger charge is 2.36. The fourth-order valence-corrected chi connectivity index (χ4v) is 2.73. The number of nitrogens with zero attached hydrogens (tertiary/aromatic N) is 1. The Bertz CT molecular complexity index is 356. The Kier molecular flexibility index (Phi) is 1.74. The number of anilines is 2. The first-order valence-electron chi connectivity index (χ1n) is 5.27. The lowest BCUT2D eigenvalue weighted by molar-refractivity contribution is 0.929. The quantitative estimate of drug-likeness (QED) is 0.803. The van der Waals surface area contributed by atoms with E-state index in [4.69, 9.17) is 5.73 Å². The second kappa shape index (κ2) is 2.86.